The molecule has 0 saturated heterocycles. The molecule has 0 fully saturated rings. The fraction of sp³-hybridized carbons (Fsp3) is 0.111. The van der Waals surface area contributed by atoms with Crippen molar-refractivity contribution in [1.29, 1.82) is 0 Å². The Hall–Kier alpha value is -2.26. The molecule has 0 amide bonds. The van der Waals surface area contributed by atoms with E-state index in [0.717, 1.165) is 29.7 Å². The molecule has 21 heavy (non-hydrogen) atoms. The van der Waals surface area contributed by atoms with Crippen molar-refractivity contribution in [1.82, 2.24) is 9.97 Å². The van der Waals surface area contributed by atoms with Crippen LogP contribution in [-0.2, 0) is 0 Å². The summed E-state index contributed by atoms with van der Waals surface area (Å²) in [7, 11) is 0. The smallest absolute Gasteiger partial charge is 0.116 e. The first-order chi connectivity index (χ1) is 10.2. The number of aromatic nitrogens is 2. The molecule has 3 rings (SSSR count). The summed E-state index contributed by atoms with van der Waals surface area (Å²) in [4.78, 5) is 8.15. The maximum absolute atomic E-state index is 4.22. The maximum Gasteiger partial charge on any atom is 0.116 e. The Morgan fingerprint density at radius 2 is 1.90 bits per heavy atom. The minimum Gasteiger partial charge on any atom is -0.245 e. The average molecular weight is 292 g/mol. The Morgan fingerprint density at radius 3 is 2.71 bits per heavy atom. The number of rotatable bonds is 5. The van der Waals surface area contributed by atoms with Crippen LogP contribution in [0.5, 0.6) is 0 Å². The summed E-state index contributed by atoms with van der Waals surface area (Å²) >= 11 is 1.77. The van der Waals surface area contributed by atoms with Crippen LogP contribution in [0, 0.1) is 0 Å². The molecule has 0 atom stereocenters. The van der Waals surface area contributed by atoms with E-state index < -0.39 is 0 Å². The summed E-state index contributed by atoms with van der Waals surface area (Å²) in [5.74, 6) is 0. The van der Waals surface area contributed by atoms with Crippen molar-refractivity contribution in [3.8, 4) is 0 Å². The normalized spacial score (nSPS) is 10.7. The lowest BCUT2D eigenvalue weighted by Gasteiger charge is -2.08. The van der Waals surface area contributed by atoms with Crippen molar-refractivity contribution in [2.24, 2.45) is 0 Å². The van der Waals surface area contributed by atoms with Gasteiger partial charge in [0.05, 0.1) is 5.69 Å². The van der Waals surface area contributed by atoms with E-state index in [0.29, 0.717) is 0 Å². The first kappa shape index (κ1) is 13.7. The van der Waals surface area contributed by atoms with Crippen molar-refractivity contribution in [3.63, 3.8) is 0 Å². The molecule has 0 N–H and O–H groups in total. The van der Waals surface area contributed by atoms with Crippen LogP contribution in [0.2, 0.25) is 0 Å². The number of benzene rings is 1. The van der Waals surface area contributed by atoms with Gasteiger partial charge in [0.15, 0.2) is 0 Å². The van der Waals surface area contributed by atoms with E-state index in [-0.39, 0.29) is 0 Å². The molecule has 0 radical (unpaired) electrons. The predicted octanol–water partition coefficient (Wildman–Crippen LogP) is 5.20. The number of hydrogen-bond donors (Lipinski definition) is 0. The molecule has 2 nitrogen and oxygen atoms in total. The first-order valence-electron chi connectivity index (χ1n) is 6.83. The number of nitrogens with zero attached hydrogens (tertiary/aromatic N) is 2. The second kappa shape index (κ2) is 6.02. The number of allylic oxidation sites excluding steroid dienone is 2. The zero-order valence-electron chi connectivity index (χ0n) is 11.7. The molecule has 0 saturated carbocycles. The Morgan fingerprint density at radius 1 is 1.05 bits per heavy atom. The van der Waals surface area contributed by atoms with Gasteiger partial charge >= 0.3 is 0 Å². The Kier molecular flexibility index (Phi) is 3.93. The maximum atomic E-state index is 4.22. The van der Waals surface area contributed by atoms with Crippen LogP contribution in [0.1, 0.15) is 24.1 Å². The molecule has 2 heterocycles. The van der Waals surface area contributed by atoms with E-state index in [1.807, 2.05) is 6.07 Å². The SMILES string of the molecule is C=C(CCC(=C)c1ccncn1)c1ccc2sccc2c1. The number of hydrogen-bond acceptors (Lipinski definition) is 3. The van der Waals surface area contributed by atoms with E-state index in [4.69, 9.17) is 0 Å². The molecule has 3 heteroatoms. The summed E-state index contributed by atoms with van der Waals surface area (Å²) in [5.41, 5.74) is 4.27. The summed E-state index contributed by atoms with van der Waals surface area (Å²) in [6.45, 7) is 8.31. The molecule has 104 valence electrons. The van der Waals surface area contributed by atoms with Gasteiger partial charge in [0.2, 0.25) is 0 Å². The minimum atomic E-state index is 0.859. The number of fused-ring (bicyclic) bond motifs is 1. The van der Waals surface area contributed by atoms with Crippen molar-refractivity contribution < 1.29 is 0 Å². The zero-order chi connectivity index (χ0) is 14.7. The highest BCUT2D eigenvalue weighted by Gasteiger charge is 2.05. The van der Waals surface area contributed by atoms with Crippen molar-refractivity contribution in [2.45, 2.75) is 12.8 Å². The molecule has 0 bridgehead atoms. The summed E-state index contributed by atoms with van der Waals surface area (Å²) in [6, 6.07) is 10.6. The molecular formula is C18H16N2S. The zero-order valence-corrected chi connectivity index (χ0v) is 12.6. The van der Waals surface area contributed by atoms with Crippen LogP contribution in [0.4, 0.5) is 0 Å². The standard InChI is InChI=1S/C18H16N2S/c1-13(3-4-14(2)17-7-9-19-12-20-17)15-5-6-18-16(11-15)8-10-21-18/h5-12H,1-4H2. The highest BCUT2D eigenvalue weighted by atomic mass is 32.1. The predicted molar refractivity (Wildman–Crippen MR) is 91.2 cm³/mol. The highest BCUT2D eigenvalue weighted by Crippen LogP contribution is 2.28. The summed E-state index contributed by atoms with van der Waals surface area (Å²) in [6.07, 6.45) is 5.04. The second-order valence-electron chi connectivity index (χ2n) is 4.97. The monoisotopic (exact) mass is 292 g/mol. The van der Waals surface area contributed by atoms with Crippen LogP contribution in [0.25, 0.3) is 21.2 Å². The number of thiophene rings is 1. The fourth-order valence-corrected chi connectivity index (χ4v) is 3.03. The average Bonchev–Trinajstić information content (AvgIpc) is 3.00. The lowest BCUT2D eigenvalue weighted by molar-refractivity contribution is 1.06. The van der Waals surface area contributed by atoms with E-state index in [2.05, 4.69) is 52.8 Å². The van der Waals surface area contributed by atoms with Gasteiger partial charge in [0, 0.05) is 10.9 Å². The lowest BCUT2D eigenvalue weighted by atomic mass is 9.98. The van der Waals surface area contributed by atoms with Gasteiger partial charge in [-0.1, -0.05) is 19.2 Å². The first-order valence-corrected chi connectivity index (χ1v) is 7.71. The largest absolute Gasteiger partial charge is 0.245 e. The van der Waals surface area contributed by atoms with Gasteiger partial charge in [-0.15, -0.1) is 11.3 Å². The Bertz CT molecular complexity index is 787. The van der Waals surface area contributed by atoms with Gasteiger partial charge in [0.1, 0.15) is 6.33 Å². The minimum absolute atomic E-state index is 0.859. The molecular weight excluding hydrogens is 276 g/mol. The molecule has 2 aromatic heterocycles. The van der Waals surface area contributed by atoms with E-state index in [1.165, 1.54) is 15.6 Å². The van der Waals surface area contributed by atoms with Gasteiger partial charge in [-0.05, 0) is 64.6 Å². The highest BCUT2D eigenvalue weighted by molar-refractivity contribution is 7.17. The third kappa shape index (κ3) is 3.09. The molecule has 0 aliphatic rings. The van der Waals surface area contributed by atoms with E-state index >= 15 is 0 Å². The Balaban J connectivity index is 1.67. The van der Waals surface area contributed by atoms with Gasteiger partial charge in [-0.25, -0.2) is 9.97 Å². The van der Waals surface area contributed by atoms with Crippen LogP contribution in [0.3, 0.4) is 0 Å². The van der Waals surface area contributed by atoms with Crippen LogP contribution in [-0.4, -0.2) is 9.97 Å². The molecule has 0 aliphatic carbocycles. The van der Waals surface area contributed by atoms with Crippen molar-refractivity contribution >= 4 is 32.6 Å². The van der Waals surface area contributed by atoms with Gasteiger partial charge < -0.3 is 0 Å². The summed E-state index contributed by atoms with van der Waals surface area (Å²) in [5, 5.41) is 3.40. The third-order valence-corrected chi connectivity index (χ3v) is 4.43. The van der Waals surface area contributed by atoms with Crippen LogP contribution in [0.15, 0.2) is 61.4 Å². The molecule has 0 aliphatic heterocycles. The molecule has 3 aromatic rings. The third-order valence-electron chi connectivity index (χ3n) is 3.53. The Labute approximate surface area is 128 Å². The van der Waals surface area contributed by atoms with E-state index in [9.17, 15) is 0 Å². The van der Waals surface area contributed by atoms with Gasteiger partial charge in [-0.2, -0.15) is 0 Å². The fourth-order valence-electron chi connectivity index (χ4n) is 2.26. The topological polar surface area (TPSA) is 25.8 Å². The van der Waals surface area contributed by atoms with Crippen LogP contribution < -0.4 is 0 Å². The molecule has 0 unspecified atom stereocenters. The molecule has 1 aromatic carbocycles. The van der Waals surface area contributed by atoms with Crippen molar-refractivity contribution in [3.05, 3.63) is 72.7 Å². The van der Waals surface area contributed by atoms with Gasteiger partial charge in [-0.3, -0.25) is 0 Å². The van der Waals surface area contributed by atoms with Gasteiger partial charge in [0.25, 0.3) is 0 Å². The van der Waals surface area contributed by atoms with Crippen molar-refractivity contribution in [2.75, 3.05) is 0 Å². The lowest BCUT2D eigenvalue weighted by Crippen LogP contribution is -1.90. The summed E-state index contributed by atoms with van der Waals surface area (Å²) < 4.78 is 1.32. The van der Waals surface area contributed by atoms with Crippen LogP contribution >= 0.6 is 11.3 Å². The quantitative estimate of drug-likeness (QED) is 0.646. The molecule has 0 spiro atoms. The van der Waals surface area contributed by atoms with E-state index in [1.54, 1.807) is 23.9 Å². The second-order valence-corrected chi connectivity index (χ2v) is 5.92.